The van der Waals surface area contributed by atoms with Gasteiger partial charge in [-0.3, -0.25) is 0 Å². The van der Waals surface area contributed by atoms with Gasteiger partial charge in [-0.1, -0.05) is 42.3 Å². The van der Waals surface area contributed by atoms with Gasteiger partial charge in [0, 0.05) is 16.6 Å². The van der Waals surface area contributed by atoms with Gasteiger partial charge in [0.1, 0.15) is 5.82 Å². The Bertz CT molecular complexity index is 381. The molecular weight excluding hydrogens is 293 g/mol. The average molecular weight is 316 g/mol. The molecule has 0 amide bonds. The summed E-state index contributed by atoms with van der Waals surface area (Å²) >= 11 is 3.42. The first-order valence-electron chi connectivity index (χ1n) is 6.65. The Balaban J connectivity index is 2.61. The van der Waals surface area contributed by atoms with Crippen molar-refractivity contribution in [2.24, 2.45) is 5.92 Å². The van der Waals surface area contributed by atoms with Crippen molar-refractivity contribution in [3.8, 4) is 0 Å². The Kier molecular flexibility index (Phi) is 6.30. The normalized spacial score (nSPS) is 16.3. The third kappa shape index (κ3) is 4.69. The summed E-state index contributed by atoms with van der Waals surface area (Å²) in [6.45, 7) is 8.82. The molecule has 3 unspecified atom stereocenters. The zero-order chi connectivity index (χ0) is 13.7. The van der Waals surface area contributed by atoms with E-state index in [4.69, 9.17) is 0 Å². The molecule has 1 nitrogen and oxygen atoms in total. The summed E-state index contributed by atoms with van der Waals surface area (Å²) in [6.07, 6.45) is 2.38. The summed E-state index contributed by atoms with van der Waals surface area (Å²) in [6, 6.07) is 5.56. The molecule has 0 heterocycles. The van der Waals surface area contributed by atoms with E-state index in [0.29, 0.717) is 6.04 Å². The Morgan fingerprint density at radius 2 is 1.94 bits per heavy atom. The van der Waals surface area contributed by atoms with Gasteiger partial charge in [0.05, 0.1) is 0 Å². The fourth-order valence-electron chi connectivity index (χ4n) is 2.21. The van der Waals surface area contributed by atoms with Crippen LogP contribution in [0.3, 0.4) is 0 Å². The van der Waals surface area contributed by atoms with Gasteiger partial charge in [0.15, 0.2) is 0 Å². The smallest absolute Gasteiger partial charge is 0.124 e. The number of benzene rings is 1. The van der Waals surface area contributed by atoms with Crippen molar-refractivity contribution in [3.63, 3.8) is 0 Å². The molecule has 3 atom stereocenters. The summed E-state index contributed by atoms with van der Waals surface area (Å²) in [5.41, 5.74) is 1.10. The highest BCUT2D eigenvalue weighted by atomic mass is 79.9. The van der Waals surface area contributed by atoms with Gasteiger partial charge in [-0.15, -0.1) is 0 Å². The van der Waals surface area contributed by atoms with Crippen LogP contribution in [0, 0.1) is 11.7 Å². The minimum absolute atomic E-state index is 0.203. The number of hydrogen-bond donors (Lipinski definition) is 1. The topological polar surface area (TPSA) is 12.0 Å². The van der Waals surface area contributed by atoms with Crippen LogP contribution >= 0.6 is 15.9 Å². The van der Waals surface area contributed by atoms with Crippen LogP contribution in [-0.2, 0) is 0 Å². The standard InChI is InChI=1S/C15H23BrFN/c1-5-10(2)8-11(3)18-12(4)14-7-6-13(17)9-15(14)16/h6-7,9-12,18H,5,8H2,1-4H3. The number of nitrogens with one attached hydrogen (secondary N) is 1. The summed E-state index contributed by atoms with van der Waals surface area (Å²) in [5, 5.41) is 3.57. The fraction of sp³-hybridized carbons (Fsp3) is 0.600. The van der Waals surface area contributed by atoms with E-state index < -0.39 is 0 Å². The minimum Gasteiger partial charge on any atom is -0.308 e. The summed E-state index contributed by atoms with van der Waals surface area (Å²) < 4.78 is 13.9. The average Bonchev–Trinajstić information content (AvgIpc) is 2.28. The molecule has 0 aliphatic rings. The fourth-order valence-corrected chi connectivity index (χ4v) is 2.90. The maximum absolute atomic E-state index is 13.0. The van der Waals surface area contributed by atoms with Crippen LogP contribution in [0.15, 0.2) is 22.7 Å². The van der Waals surface area contributed by atoms with Crippen LogP contribution < -0.4 is 5.32 Å². The van der Waals surface area contributed by atoms with Crippen molar-refractivity contribution in [3.05, 3.63) is 34.1 Å². The molecule has 0 saturated heterocycles. The zero-order valence-corrected chi connectivity index (χ0v) is 13.2. The lowest BCUT2D eigenvalue weighted by atomic mass is 9.99. The number of rotatable bonds is 6. The lowest BCUT2D eigenvalue weighted by Crippen LogP contribution is -2.30. The number of halogens is 2. The minimum atomic E-state index is -0.203. The van der Waals surface area contributed by atoms with E-state index in [-0.39, 0.29) is 11.9 Å². The molecule has 0 saturated carbocycles. The van der Waals surface area contributed by atoms with Gasteiger partial charge in [0.2, 0.25) is 0 Å². The van der Waals surface area contributed by atoms with Crippen molar-refractivity contribution >= 4 is 15.9 Å². The molecule has 1 aromatic carbocycles. The zero-order valence-electron chi connectivity index (χ0n) is 11.6. The van der Waals surface area contributed by atoms with Gasteiger partial charge >= 0.3 is 0 Å². The Labute approximate surface area is 118 Å². The van der Waals surface area contributed by atoms with Gasteiger partial charge in [0.25, 0.3) is 0 Å². The van der Waals surface area contributed by atoms with Gasteiger partial charge < -0.3 is 5.32 Å². The van der Waals surface area contributed by atoms with Gasteiger partial charge in [-0.2, -0.15) is 0 Å². The molecule has 0 aliphatic carbocycles. The van der Waals surface area contributed by atoms with E-state index in [2.05, 4.69) is 48.9 Å². The van der Waals surface area contributed by atoms with E-state index in [1.807, 2.05) is 6.07 Å². The maximum atomic E-state index is 13.0. The molecule has 18 heavy (non-hydrogen) atoms. The molecule has 0 bridgehead atoms. The second-order valence-corrected chi connectivity index (χ2v) is 6.06. The largest absolute Gasteiger partial charge is 0.308 e. The van der Waals surface area contributed by atoms with E-state index in [1.54, 1.807) is 0 Å². The summed E-state index contributed by atoms with van der Waals surface area (Å²) in [5.74, 6) is 0.529. The SMILES string of the molecule is CCC(C)CC(C)NC(C)c1ccc(F)cc1Br. The van der Waals surface area contributed by atoms with Crippen LogP contribution in [0.4, 0.5) is 4.39 Å². The molecule has 1 rings (SSSR count). The second kappa shape index (κ2) is 7.25. The quantitative estimate of drug-likeness (QED) is 0.773. The molecule has 0 aliphatic heterocycles. The molecular formula is C15H23BrFN. The Hall–Kier alpha value is -0.410. The molecule has 102 valence electrons. The van der Waals surface area contributed by atoms with Crippen molar-refractivity contribution in [1.29, 1.82) is 0 Å². The molecule has 1 aromatic rings. The van der Waals surface area contributed by atoms with E-state index in [9.17, 15) is 4.39 Å². The third-order valence-corrected chi connectivity index (χ3v) is 4.10. The van der Waals surface area contributed by atoms with Crippen molar-refractivity contribution in [2.75, 3.05) is 0 Å². The van der Waals surface area contributed by atoms with Crippen molar-refractivity contribution in [2.45, 2.75) is 52.6 Å². The summed E-state index contributed by atoms with van der Waals surface area (Å²) in [7, 11) is 0. The molecule has 0 spiro atoms. The molecule has 0 fully saturated rings. The predicted octanol–water partition coefficient (Wildman–Crippen LogP) is 5.06. The highest BCUT2D eigenvalue weighted by molar-refractivity contribution is 9.10. The van der Waals surface area contributed by atoms with Crippen LogP contribution in [0.5, 0.6) is 0 Å². The second-order valence-electron chi connectivity index (χ2n) is 5.20. The molecule has 1 N–H and O–H groups in total. The first kappa shape index (κ1) is 15.6. The van der Waals surface area contributed by atoms with Crippen LogP contribution in [0.1, 0.15) is 52.1 Å². The summed E-state index contributed by atoms with van der Waals surface area (Å²) in [4.78, 5) is 0. The first-order chi connectivity index (χ1) is 8.43. The Morgan fingerprint density at radius 3 is 2.50 bits per heavy atom. The van der Waals surface area contributed by atoms with E-state index in [0.717, 1.165) is 16.0 Å². The maximum Gasteiger partial charge on any atom is 0.124 e. The molecule has 3 heteroatoms. The molecule has 0 radical (unpaired) electrons. The monoisotopic (exact) mass is 315 g/mol. The van der Waals surface area contributed by atoms with E-state index >= 15 is 0 Å². The Morgan fingerprint density at radius 1 is 1.28 bits per heavy atom. The highest BCUT2D eigenvalue weighted by Gasteiger charge is 2.14. The lowest BCUT2D eigenvalue weighted by Gasteiger charge is -2.23. The number of hydrogen-bond acceptors (Lipinski definition) is 1. The van der Waals surface area contributed by atoms with Crippen molar-refractivity contribution in [1.82, 2.24) is 5.32 Å². The predicted molar refractivity (Wildman–Crippen MR) is 79.2 cm³/mol. The van der Waals surface area contributed by atoms with E-state index in [1.165, 1.54) is 25.0 Å². The highest BCUT2D eigenvalue weighted by Crippen LogP contribution is 2.25. The molecule has 0 aromatic heterocycles. The van der Waals surface area contributed by atoms with Crippen LogP contribution in [0.2, 0.25) is 0 Å². The third-order valence-electron chi connectivity index (χ3n) is 3.42. The van der Waals surface area contributed by atoms with Gasteiger partial charge in [-0.05, 0) is 43.9 Å². The van der Waals surface area contributed by atoms with Crippen LogP contribution in [-0.4, -0.2) is 6.04 Å². The van der Waals surface area contributed by atoms with Crippen LogP contribution in [0.25, 0.3) is 0 Å². The first-order valence-corrected chi connectivity index (χ1v) is 7.44. The lowest BCUT2D eigenvalue weighted by molar-refractivity contribution is 0.385. The van der Waals surface area contributed by atoms with Crippen molar-refractivity contribution < 1.29 is 4.39 Å². The van der Waals surface area contributed by atoms with Gasteiger partial charge in [-0.25, -0.2) is 4.39 Å².